The summed E-state index contributed by atoms with van der Waals surface area (Å²) in [7, 11) is 0. The van der Waals surface area contributed by atoms with Gasteiger partial charge in [0.05, 0.1) is 6.54 Å². The molecule has 2 aliphatic heterocycles. The predicted octanol–water partition coefficient (Wildman–Crippen LogP) is 1.72. The van der Waals surface area contributed by atoms with Crippen LogP contribution in [0.1, 0.15) is 24.1 Å². The van der Waals surface area contributed by atoms with E-state index in [9.17, 15) is 9.59 Å². The van der Waals surface area contributed by atoms with Crippen LogP contribution in [-0.4, -0.2) is 52.7 Å². The molecule has 2 aliphatic rings. The highest BCUT2D eigenvalue weighted by molar-refractivity contribution is 5.86. The number of aromatic nitrogens is 1. The molecule has 1 fully saturated rings. The Morgan fingerprint density at radius 1 is 1.09 bits per heavy atom. The summed E-state index contributed by atoms with van der Waals surface area (Å²) < 4.78 is 0. The minimum atomic E-state index is 0.176. The number of Topliss-reactive ketones (excluding diaryl/α,β-unsaturated/α-hetero) is 1. The molecule has 2 aromatic rings. The fourth-order valence-electron chi connectivity index (χ4n) is 3.63. The maximum Gasteiger partial charge on any atom is 0.237 e. The van der Waals surface area contributed by atoms with E-state index in [0.29, 0.717) is 31.7 Å². The van der Waals surface area contributed by atoms with Crippen molar-refractivity contribution >= 4 is 22.6 Å². The van der Waals surface area contributed by atoms with E-state index in [2.05, 4.69) is 22.0 Å². The Balaban J connectivity index is 1.47. The summed E-state index contributed by atoms with van der Waals surface area (Å²) in [5.74, 6) is 0.491. The van der Waals surface area contributed by atoms with Crippen LogP contribution in [0.15, 0.2) is 24.3 Å². The van der Waals surface area contributed by atoms with Gasteiger partial charge in [-0.25, -0.2) is 0 Å². The molecule has 1 N–H and O–H groups in total. The second-order valence-electron chi connectivity index (χ2n) is 6.51. The van der Waals surface area contributed by atoms with Crippen LogP contribution in [0.5, 0.6) is 0 Å². The molecule has 0 spiro atoms. The molecule has 1 aromatic heterocycles. The van der Waals surface area contributed by atoms with Gasteiger partial charge < -0.3 is 9.88 Å². The minimum absolute atomic E-state index is 0.176. The van der Waals surface area contributed by atoms with Gasteiger partial charge in [-0.15, -0.1) is 0 Å². The Kier molecular flexibility index (Phi) is 3.65. The van der Waals surface area contributed by atoms with Gasteiger partial charge in [-0.1, -0.05) is 18.2 Å². The highest BCUT2D eigenvalue weighted by Gasteiger charge is 2.26. The summed E-state index contributed by atoms with van der Waals surface area (Å²) in [6.45, 7) is 3.33. The van der Waals surface area contributed by atoms with E-state index in [1.807, 2.05) is 17.0 Å². The zero-order chi connectivity index (χ0) is 15.8. The van der Waals surface area contributed by atoms with Crippen molar-refractivity contribution in [2.24, 2.45) is 0 Å². The average Bonchev–Trinajstić information content (AvgIpc) is 2.94. The van der Waals surface area contributed by atoms with Crippen molar-refractivity contribution < 1.29 is 9.59 Å². The molecule has 23 heavy (non-hydrogen) atoms. The molecule has 0 bridgehead atoms. The van der Waals surface area contributed by atoms with Crippen LogP contribution in [0.25, 0.3) is 10.9 Å². The lowest BCUT2D eigenvalue weighted by Gasteiger charge is -2.31. The summed E-state index contributed by atoms with van der Waals surface area (Å²) >= 11 is 0. The molecular weight excluding hydrogens is 290 g/mol. The molecule has 0 aliphatic carbocycles. The SMILES string of the molecule is O=C1CCN(CC(=O)N2CCc3[nH]c4ccccc4c3C2)CC1. The molecule has 120 valence electrons. The normalized spacial score (nSPS) is 19.1. The summed E-state index contributed by atoms with van der Waals surface area (Å²) in [6, 6.07) is 8.28. The molecule has 3 heterocycles. The Hall–Kier alpha value is -2.14. The number of para-hydroxylation sites is 1. The lowest BCUT2D eigenvalue weighted by Crippen LogP contribution is -2.45. The molecule has 5 nitrogen and oxygen atoms in total. The number of nitrogens with one attached hydrogen (secondary N) is 1. The van der Waals surface area contributed by atoms with Crippen LogP contribution in [0.4, 0.5) is 0 Å². The van der Waals surface area contributed by atoms with Crippen LogP contribution in [0, 0.1) is 0 Å². The van der Waals surface area contributed by atoms with Gasteiger partial charge in [0.1, 0.15) is 5.78 Å². The second-order valence-corrected chi connectivity index (χ2v) is 6.51. The third-order valence-electron chi connectivity index (χ3n) is 5.01. The maximum atomic E-state index is 12.6. The van der Waals surface area contributed by atoms with E-state index in [1.54, 1.807) is 0 Å². The number of hydrogen-bond donors (Lipinski definition) is 1. The predicted molar refractivity (Wildman–Crippen MR) is 88.1 cm³/mol. The van der Waals surface area contributed by atoms with Crippen molar-refractivity contribution in [3.8, 4) is 0 Å². The largest absolute Gasteiger partial charge is 0.358 e. The fraction of sp³-hybridized carbons (Fsp3) is 0.444. The van der Waals surface area contributed by atoms with Crippen molar-refractivity contribution in [3.63, 3.8) is 0 Å². The van der Waals surface area contributed by atoms with Crippen molar-refractivity contribution in [2.45, 2.75) is 25.8 Å². The topological polar surface area (TPSA) is 56.4 Å². The molecule has 0 saturated carbocycles. The monoisotopic (exact) mass is 311 g/mol. The van der Waals surface area contributed by atoms with Crippen LogP contribution < -0.4 is 0 Å². The van der Waals surface area contributed by atoms with E-state index in [-0.39, 0.29) is 5.91 Å². The van der Waals surface area contributed by atoms with Crippen LogP contribution in [0.2, 0.25) is 0 Å². The molecule has 0 radical (unpaired) electrons. The smallest absolute Gasteiger partial charge is 0.237 e. The van der Waals surface area contributed by atoms with E-state index < -0.39 is 0 Å². The minimum Gasteiger partial charge on any atom is -0.358 e. The summed E-state index contributed by atoms with van der Waals surface area (Å²) in [5.41, 5.74) is 3.68. The molecule has 0 atom stereocenters. The number of ketones is 1. The van der Waals surface area contributed by atoms with E-state index in [1.165, 1.54) is 16.6 Å². The van der Waals surface area contributed by atoms with Gasteiger partial charge in [0.15, 0.2) is 0 Å². The van der Waals surface area contributed by atoms with Gasteiger partial charge in [-0.2, -0.15) is 0 Å². The third-order valence-corrected chi connectivity index (χ3v) is 5.01. The second kappa shape index (κ2) is 5.81. The third kappa shape index (κ3) is 2.77. The van der Waals surface area contributed by atoms with E-state index in [4.69, 9.17) is 0 Å². The number of H-pyrrole nitrogens is 1. The number of piperidine rings is 1. The zero-order valence-electron chi connectivity index (χ0n) is 13.2. The highest BCUT2D eigenvalue weighted by atomic mass is 16.2. The summed E-state index contributed by atoms with van der Waals surface area (Å²) in [5, 5.41) is 1.23. The number of aromatic amines is 1. The molecule has 0 unspecified atom stereocenters. The van der Waals surface area contributed by atoms with E-state index >= 15 is 0 Å². The van der Waals surface area contributed by atoms with Gasteiger partial charge in [-0.05, 0) is 6.07 Å². The van der Waals surface area contributed by atoms with Crippen molar-refractivity contribution in [3.05, 3.63) is 35.5 Å². The van der Waals surface area contributed by atoms with Crippen LogP contribution >= 0.6 is 0 Å². The molecule has 1 aromatic carbocycles. The molecule has 5 heteroatoms. The molecule has 1 saturated heterocycles. The number of fused-ring (bicyclic) bond motifs is 3. The Morgan fingerprint density at radius 3 is 2.70 bits per heavy atom. The van der Waals surface area contributed by atoms with Crippen molar-refractivity contribution in [1.82, 2.24) is 14.8 Å². The standard InChI is InChI=1S/C18H21N3O2/c22-13-5-8-20(9-6-13)12-18(23)21-10-7-17-15(11-21)14-3-1-2-4-16(14)19-17/h1-4,19H,5-12H2. The van der Waals surface area contributed by atoms with E-state index in [0.717, 1.165) is 31.6 Å². The number of carbonyl (C=O) groups is 2. The van der Waals surface area contributed by atoms with Gasteiger partial charge in [0.25, 0.3) is 0 Å². The Bertz CT molecular complexity index is 755. The number of rotatable bonds is 2. The van der Waals surface area contributed by atoms with Crippen molar-refractivity contribution in [2.75, 3.05) is 26.2 Å². The number of hydrogen-bond acceptors (Lipinski definition) is 3. The highest BCUT2D eigenvalue weighted by Crippen LogP contribution is 2.27. The molecule has 1 amide bonds. The quantitative estimate of drug-likeness (QED) is 0.919. The lowest BCUT2D eigenvalue weighted by molar-refractivity contribution is -0.134. The molecular formula is C18H21N3O2. The molecule has 4 rings (SSSR count). The first-order valence-electron chi connectivity index (χ1n) is 8.31. The average molecular weight is 311 g/mol. The maximum absolute atomic E-state index is 12.6. The first kappa shape index (κ1) is 14.5. The number of carbonyl (C=O) groups excluding carboxylic acids is 2. The fourth-order valence-corrected chi connectivity index (χ4v) is 3.63. The van der Waals surface area contributed by atoms with Gasteiger partial charge in [-0.3, -0.25) is 14.5 Å². The first-order valence-corrected chi connectivity index (χ1v) is 8.31. The zero-order valence-corrected chi connectivity index (χ0v) is 13.2. The Labute approximate surface area is 135 Å². The lowest BCUT2D eigenvalue weighted by atomic mass is 10.0. The summed E-state index contributed by atoms with van der Waals surface area (Å²) in [4.78, 5) is 31.4. The van der Waals surface area contributed by atoms with Gasteiger partial charge >= 0.3 is 0 Å². The van der Waals surface area contributed by atoms with Crippen molar-refractivity contribution in [1.29, 1.82) is 0 Å². The van der Waals surface area contributed by atoms with Gasteiger partial charge in [0, 0.05) is 67.6 Å². The summed E-state index contributed by atoms with van der Waals surface area (Å²) in [6.07, 6.45) is 2.05. The number of likely N-dealkylation sites (tertiary alicyclic amines) is 1. The number of amides is 1. The van der Waals surface area contributed by atoms with Crippen LogP contribution in [0.3, 0.4) is 0 Å². The Morgan fingerprint density at radius 2 is 1.87 bits per heavy atom. The number of nitrogens with zero attached hydrogens (tertiary/aromatic N) is 2. The first-order chi connectivity index (χ1) is 11.2. The van der Waals surface area contributed by atoms with Gasteiger partial charge in [0.2, 0.25) is 5.91 Å². The number of benzene rings is 1. The van der Waals surface area contributed by atoms with Crippen LogP contribution in [-0.2, 0) is 22.6 Å².